The number of anilines is 2. The number of fused-ring (bicyclic) bond motifs is 1. The van der Waals surface area contributed by atoms with Gasteiger partial charge in [0.05, 0.1) is 10.9 Å². The molecule has 10 nitrogen and oxygen atoms in total. The number of rotatable bonds is 5. The summed E-state index contributed by atoms with van der Waals surface area (Å²) < 4.78 is 6.88. The molecule has 0 atom stereocenters. The Balaban J connectivity index is 0.000000160. The lowest BCUT2D eigenvalue weighted by molar-refractivity contribution is 0.383. The monoisotopic (exact) mass is 448 g/mol. The van der Waals surface area contributed by atoms with Crippen LogP contribution in [0.4, 0.5) is 11.6 Å². The van der Waals surface area contributed by atoms with E-state index in [-0.39, 0.29) is 17.2 Å². The van der Waals surface area contributed by atoms with Gasteiger partial charge < -0.3 is 16.0 Å². The highest BCUT2D eigenvalue weighted by atomic mass is 16.5. The van der Waals surface area contributed by atoms with Gasteiger partial charge >= 0.3 is 0 Å². The van der Waals surface area contributed by atoms with Crippen LogP contribution in [0.25, 0.3) is 22.3 Å². The molecule has 1 aromatic carbocycles. The number of hydrogen-bond acceptors (Lipinski definition) is 9. The molecule has 0 unspecified atom stereocenters. The number of aromatic nitrogens is 6. The Morgan fingerprint density at radius 1 is 1.03 bits per heavy atom. The first kappa shape index (κ1) is 22.4. The average molecular weight is 449 g/mol. The Morgan fingerprint density at radius 3 is 2.33 bits per heavy atom. The molecule has 1 aliphatic rings. The van der Waals surface area contributed by atoms with Gasteiger partial charge in [-0.25, -0.2) is 15.0 Å². The highest BCUT2D eigenvalue weighted by Crippen LogP contribution is 2.35. The summed E-state index contributed by atoms with van der Waals surface area (Å²) in [6.45, 7) is 6.06. The van der Waals surface area contributed by atoms with Crippen LogP contribution in [0, 0.1) is 0 Å². The van der Waals surface area contributed by atoms with Crippen LogP contribution in [0.15, 0.2) is 33.8 Å². The Bertz CT molecular complexity index is 1320. The molecule has 4 aromatic rings. The number of aryl methyl sites for hydroxylation is 3. The van der Waals surface area contributed by atoms with E-state index in [1.807, 2.05) is 29.7 Å². The second-order valence-corrected chi connectivity index (χ2v) is 7.84. The van der Waals surface area contributed by atoms with Crippen molar-refractivity contribution in [1.82, 2.24) is 29.7 Å². The molecule has 0 saturated heterocycles. The van der Waals surface area contributed by atoms with Crippen LogP contribution in [0.5, 0.6) is 0 Å². The SMILES string of the molecule is CCc1cccc2nc(CC)n(C3CC3)c(=O)c12.CCc1nc(-c2c(N)ncnc2N)no1. The minimum atomic E-state index is 0.164. The highest BCUT2D eigenvalue weighted by Gasteiger charge is 2.28. The molecule has 3 aromatic heterocycles. The number of benzene rings is 1. The van der Waals surface area contributed by atoms with Gasteiger partial charge in [-0.3, -0.25) is 9.36 Å². The van der Waals surface area contributed by atoms with Crippen LogP contribution in [-0.2, 0) is 19.3 Å². The average Bonchev–Trinajstić information content (AvgIpc) is 3.55. The lowest BCUT2D eigenvalue weighted by Gasteiger charge is -2.12. The highest BCUT2D eigenvalue weighted by molar-refractivity contribution is 5.81. The maximum Gasteiger partial charge on any atom is 0.261 e. The zero-order valence-electron chi connectivity index (χ0n) is 19.1. The van der Waals surface area contributed by atoms with Gasteiger partial charge in [0.25, 0.3) is 5.56 Å². The minimum Gasteiger partial charge on any atom is -0.383 e. The second-order valence-electron chi connectivity index (χ2n) is 7.84. The van der Waals surface area contributed by atoms with E-state index in [0.717, 1.165) is 48.0 Å². The number of nitrogens with zero attached hydrogens (tertiary/aromatic N) is 6. The summed E-state index contributed by atoms with van der Waals surface area (Å²) in [5, 5.41) is 4.58. The first-order valence-corrected chi connectivity index (χ1v) is 11.2. The van der Waals surface area contributed by atoms with Crippen molar-refractivity contribution in [2.75, 3.05) is 11.5 Å². The third kappa shape index (κ3) is 4.41. The smallest absolute Gasteiger partial charge is 0.261 e. The topological polar surface area (TPSA) is 152 Å². The van der Waals surface area contributed by atoms with Crippen molar-refractivity contribution in [2.45, 2.75) is 58.9 Å². The molecule has 172 valence electrons. The Kier molecular flexibility index (Phi) is 6.34. The van der Waals surface area contributed by atoms with Crippen molar-refractivity contribution >= 4 is 22.5 Å². The molecule has 0 aliphatic heterocycles. The quantitative estimate of drug-likeness (QED) is 0.469. The van der Waals surface area contributed by atoms with Gasteiger partial charge in [0, 0.05) is 18.9 Å². The van der Waals surface area contributed by atoms with Gasteiger partial charge in [-0.2, -0.15) is 4.98 Å². The zero-order chi connectivity index (χ0) is 23.5. The van der Waals surface area contributed by atoms with Crippen molar-refractivity contribution in [2.24, 2.45) is 0 Å². The molecule has 3 heterocycles. The van der Waals surface area contributed by atoms with E-state index in [2.05, 4.69) is 38.9 Å². The summed E-state index contributed by atoms with van der Waals surface area (Å²) in [6, 6.07) is 6.38. The van der Waals surface area contributed by atoms with Crippen LogP contribution < -0.4 is 17.0 Å². The first-order valence-electron chi connectivity index (χ1n) is 11.2. The molecule has 33 heavy (non-hydrogen) atoms. The van der Waals surface area contributed by atoms with E-state index in [1.54, 1.807) is 0 Å². The third-order valence-electron chi connectivity index (χ3n) is 5.60. The van der Waals surface area contributed by atoms with E-state index >= 15 is 0 Å². The lowest BCUT2D eigenvalue weighted by Crippen LogP contribution is -2.25. The summed E-state index contributed by atoms with van der Waals surface area (Å²) in [4.78, 5) is 29.1. The van der Waals surface area contributed by atoms with Crippen LogP contribution in [0.2, 0.25) is 0 Å². The van der Waals surface area contributed by atoms with Gasteiger partial charge in [0.2, 0.25) is 11.7 Å². The Morgan fingerprint density at radius 2 is 1.76 bits per heavy atom. The maximum absolute atomic E-state index is 12.7. The predicted octanol–water partition coefficient (Wildman–Crippen LogP) is 3.11. The molecule has 0 radical (unpaired) electrons. The van der Waals surface area contributed by atoms with E-state index in [1.165, 1.54) is 6.33 Å². The molecule has 0 bridgehead atoms. The largest absolute Gasteiger partial charge is 0.383 e. The number of nitrogens with two attached hydrogens (primary N) is 2. The minimum absolute atomic E-state index is 0.164. The van der Waals surface area contributed by atoms with Crippen LogP contribution in [0.1, 0.15) is 56.9 Å². The zero-order valence-corrected chi connectivity index (χ0v) is 19.1. The van der Waals surface area contributed by atoms with Crippen LogP contribution in [0.3, 0.4) is 0 Å². The van der Waals surface area contributed by atoms with E-state index in [0.29, 0.717) is 29.7 Å². The predicted molar refractivity (Wildman–Crippen MR) is 127 cm³/mol. The molecule has 1 saturated carbocycles. The first-order chi connectivity index (χ1) is 16.0. The van der Waals surface area contributed by atoms with Gasteiger partial charge in [0.15, 0.2) is 0 Å². The van der Waals surface area contributed by atoms with Crippen LogP contribution in [-0.4, -0.2) is 29.7 Å². The second kappa shape index (κ2) is 9.35. The van der Waals surface area contributed by atoms with E-state index < -0.39 is 0 Å². The van der Waals surface area contributed by atoms with Gasteiger partial charge in [-0.1, -0.05) is 38.1 Å². The standard InChI is InChI=1S/C15H18N2O.C8H10N6O/c1-3-10-6-5-7-12-14(10)15(18)17(11-8-9-11)13(4-2)16-12;1-2-4-13-8(14-15-4)5-6(9)11-3-12-7(5)10/h5-7,11H,3-4,8-9H2,1-2H3;3H,2H2,1H3,(H4,9,10,11,12). The van der Waals surface area contributed by atoms with Gasteiger partial charge in [-0.05, 0) is 30.9 Å². The van der Waals surface area contributed by atoms with Crippen LogP contribution >= 0.6 is 0 Å². The summed E-state index contributed by atoms with van der Waals surface area (Å²) in [5.74, 6) is 2.26. The fourth-order valence-electron chi connectivity index (χ4n) is 3.75. The molecular weight excluding hydrogens is 420 g/mol. The van der Waals surface area contributed by atoms with Gasteiger partial charge in [-0.15, -0.1) is 0 Å². The normalized spacial score (nSPS) is 13.1. The molecule has 5 rings (SSSR count). The Hall–Kier alpha value is -3.82. The summed E-state index contributed by atoms with van der Waals surface area (Å²) in [7, 11) is 0. The summed E-state index contributed by atoms with van der Waals surface area (Å²) in [6.07, 6.45) is 5.88. The van der Waals surface area contributed by atoms with Crippen molar-refractivity contribution in [1.29, 1.82) is 0 Å². The van der Waals surface area contributed by atoms with E-state index in [4.69, 9.17) is 16.0 Å². The van der Waals surface area contributed by atoms with Crippen molar-refractivity contribution in [3.8, 4) is 11.4 Å². The number of hydrogen-bond donors (Lipinski definition) is 2. The van der Waals surface area contributed by atoms with Crippen molar-refractivity contribution in [3.63, 3.8) is 0 Å². The molecule has 10 heteroatoms. The van der Waals surface area contributed by atoms with Gasteiger partial charge in [0.1, 0.15) is 29.4 Å². The molecule has 0 amide bonds. The van der Waals surface area contributed by atoms with E-state index in [9.17, 15) is 4.79 Å². The molecule has 1 aliphatic carbocycles. The maximum atomic E-state index is 12.7. The lowest BCUT2D eigenvalue weighted by atomic mass is 10.1. The third-order valence-corrected chi connectivity index (χ3v) is 5.60. The summed E-state index contributed by atoms with van der Waals surface area (Å²) >= 11 is 0. The molecule has 0 spiro atoms. The van der Waals surface area contributed by atoms with Crippen molar-refractivity contribution in [3.05, 3.63) is 52.2 Å². The number of nitrogen functional groups attached to an aromatic ring is 2. The molecule has 4 N–H and O–H groups in total. The Labute approximate surface area is 191 Å². The fourth-order valence-corrected chi connectivity index (χ4v) is 3.75. The fraction of sp³-hybridized carbons (Fsp3) is 0.391. The molecular formula is C23H28N8O2. The summed E-state index contributed by atoms with van der Waals surface area (Å²) in [5.41, 5.74) is 13.9. The van der Waals surface area contributed by atoms with Crippen molar-refractivity contribution < 1.29 is 4.52 Å². The molecule has 1 fully saturated rings.